The van der Waals surface area contributed by atoms with Gasteiger partial charge in [-0.3, -0.25) is 0 Å². The molecule has 0 aliphatic heterocycles. The van der Waals surface area contributed by atoms with E-state index in [9.17, 15) is 0 Å². The highest BCUT2D eigenvalue weighted by Crippen LogP contribution is 2.29. The Morgan fingerprint density at radius 3 is 3.00 bits per heavy atom. The van der Waals surface area contributed by atoms with Gasteiger partial charge in [0.25, 0.3) is 0 Å². The van der Waals surface area contributed by atoms with Crippen LogP contribution in [0.5, 0.6) is 0 Å². The fourth-order valence-corrected chi connectivity index (χ4v) is 3.27. The average Bonchev–Trinajstić information content (AvgIpc) is 2.62. The lowest BCUT2D eigenvalue weighted by Crippen LogP contribution is -2.18. The van der Waals surface area contributed by atoms with Crippen LogP contribution in [0.3, 0.4) is 0 Å². The van der Waals surface area contributed by atoms with Crippen molar-refractivity contribution in [3.63, 3.8) is 0 Å². The largest absolute Gasteiger partial charge is 0.409 e. The third kappa shape index (κ3) is 4.09. The lowest BCUT2D eigenvalue weighted by atomic mass is 10.2. The molecular formula is C9H15N3OS2. The highest BCUT2D eigenvalue weighted by molar-refractivity contribution is 8.01. The molecule has 1 aromatic heterocycles. The van der Waals surface area contributed by atoms with Crippen LogP contribution < -0.4 is 5.73 Å². The van der Waals surface area contributed by atoms with Crippen LogP contribution in [0.25, 0.3) is 0 Å². The molecule has 1 heterocycles. The standard InChI is InChI=1S/C9H15N3OS2/c1-3-7(4-8(10)12-13)15-9-11-6(2)5-14-9/h5,7,13H,3-4H2,1-2H3,(H2,10,12). The van der Waals surface area contributed by atoms with Crippen LogP contribution in [0.4, 0.5) is 0 Å². The van der Waals surface area contributed by atoms with Crippen molar-refractivity contribution in [3.05, 3.63) is 11.1 Å². The summed E-state index contributed by atoms with van der Waals surface area (Å²) in [6.07, 6.45) is 1.57. The second-order valence-electron chi connectivity index (χ2n) is 3.20. The van der Waals surface area contributed by atoms with Gasteiger partial charge in [0.05, 0.1) is 0 Å². The molecule has 0 saturated carbocycles. The number of rotatable bonds is 5. The maximum absolute atomic E-state index is 8.49. The van der Waals surface area contributed by atoms with E-state index in [1.165, 1.54) is 0 Å². The summed E-state index contributed by atoms with van der Waals surface area (Å²) in [4.78, 5) is 4.37. The first kappa shape index (κ1) is 12.3. The molecule has 0 spiro atoms. The second kappa shape index (κ2) is 5.97. The molecule has 0 aromatic carbocycles. The first-order valence-corrected chi connectivity index (χ1v) is 6.46. The Labute approximate surface area is 97.6 Å². The molecule has 1 atom stereocenters. The van der Waals surface area contributed by atoms with Crippen LogP contribution in [-0.4, -0.2) is 21.3 Å². The summed E-state index contributed by atoms with van der Waals surface area (Å²) in [5.41, 5.74) is 6.52. The number of thioether (sulfide) groups is 1. The van der Waals surface area contributed by atoms with Crippen LogP contribution in [0, 0.1) is 6.92 Å². The van der Waals surface area contributed by atoms with Gasteiger partial charge >= 0.3 is 0 Å². The molecule has 15 heavy (non-hydrogen) atoms. The van der Waals surface area contributed by atoms with Crippen LogP contribution in [0.15, 0.2) is 14.9 Å². The number of amidine groups is 1. The van der Waals surface area contributed by atoms with Crippen LogP contribution >= 0.6 is 23.1 Å². The molecule has 0 amide bonds. The normalized spacial score (nSPS) is 14.1. The summed E-state index contributed by atoms with van der Waals surface area (Å²) in [6, 6.07) is 0. The minimum Gasteiger partial charge on any atom is -0.409 e. The second-order valence-corrected chi connectivity index (χ2v) is 5.60. The van der Waals surface area contributed by atoms with E-state index in [-0.39, 0.29) is 5.84 Å². The number of aryl methyl sites for hydroxylation is 1. The summed E-state index contributed by atoms with van der Waals surface area (Å²) in [5, 5.41) is 13.8. The van der Waals surface area contributed by atoms with Crippen molar-refractivity contribution in [1.82, 2.24) is 4.98 Å². The van der Waals surface area contributed by atoms with E-state index in [4.69, 9.17) is 10.9 Å². The summed E-state index contributed by atoms with van der Waals surface area (Å²) < 4.78 is 1.05. The van der Waals surface area contributed by atoms with E-state index in [1.807, 2.05) is 12.3 Å². The van der Waals surface area contributed by atoms with E-state index < -0.39 is 0 Å². The number of hydrogen-bond donors (Lipinski definition) is 2. The third-order valence-corrected chi connectivity index (χ3v) is 4.34. The fourth-order valence-electron chi connectivity index (χ4n) is 1.07. The van der Waals surface area contributed by atoms with E-state index in [0.29, 0.717) is 11.7 Å². The van der Waals surface area contributed by atoms with Gasteiger partial charge in [0.1, 0.15) is 10.2 Å². The Bertz CT molecular complexity index is 338. The minimum absolute atomic E-state index is 0.280. The van der Waals surface area contributed by atoms with E-state index in [0.717, 1.165) is 16.5 Å². The van der Waals surface area contributed by atoms with Crippen LogP contribution in [0.1, 0.15) is 25.5 Å². The summed E-state index contributed by atoms with van der Waals surface area (Å²) in [6.45, 7) is 4.06. The van der Waals surface area contributed by atoms with Crippen molar-refractivity contribution in [3.8, 4) is 0 Å². The van der Waals surface area contributed by atoms with E-state index in [1.54, 1.807) is 23.1 Å². The fraction of sp³-hybridized carbons (Fsp3) is 0.556. The molecule has 1 aromatic rings. The summed E-state index contributed by atoms with van der Waals surface area (Å²) >= 11 is 3.33. The maximum Gasteiger partial charge on any atom is 0.150 e. The highest BCUT2D eigenvalue weighted by Gasteiger charge is 2.12. The molecule has 0 bridgehead atoms. The van der Waals surface area contributed by atoms with Crippen molar-refractivity contribution in [2.75, 3.05) is 0 Å². The van der Waals surface area contributed by atoms with Crippen molar-refractivity contribution in [2.45, 2.75) is 36.3 Å². The summed E-state index contributed by atoms with van der Waals surface area (Å²) in [7, 11) is 0. The summed E-state index contributed by atoms with van der Waals surface area (Å²) in [5.74, 6) is 0.280. The molecule has 0 aliphatic carbocycles. The number of oxime groups is 1. The quantitative estimate of drug-likeness (QED) is 0.275. The molecule has 6 heteroatoms. The number of hydrogen-bond acceptors (Lipinski definition) is 5. The van der Waals surface area contributed by atoms with Gasteiger partial charge in [-0.2, -0.15) is 0 Å². The van der Waals surface area contributed by atoms with Gasteiger partial charge in [0.2, 0.25) is 0 Å². The molecule has 0 saturated heterocycles. The zero-order chi connectivity index (χ0) is 11.3. The predicted octanol–water partition coefficient (Wildman–Crippen LogP) is 2.46. The van der Waals surface area contributed by atoms with Crippen LogP contribution in [0.2, 0.25) is 0 Å². The molecule has 3 N–H and O–H groups in total. The number of aromatic nitrogens is 1. The first-order valence-electron chi connectivity index (χ1n) is 4.70. The van der Waals surface area contributed by atoms with Gasteiger partial charge in [0.15, 0.2) is 0 Å². The monoisotopic (exact) mass is 245 g/mol. The number of nitrogens with two attached hydrogens (primary N) is 1. The maximum atomic E-state index is 8.49. The number of thiazole rings is 1. The lowest BCUT2D eigenvalue weighted by Gasteiger charge is -2.10. The minimum atomic E-state index is 0.280. The van der Waals surface area contributed by atoms with Crippen molar-refractivity contribution in [1.29, 1.82) is 0 Å². The Kier molecular flexibility index (Phi) is 4.90. The molecule has 4 nitrogen and oxygen atoms in total. The smallest absolute Gasteiger partial charge is 0.150 e. The molecule has 0 aliphatic rings. The third-order valence-electron chi connectivity index (χ3n) is 1.89. The van der Waals surface area contributed by atoms with Gasteiger partial charge in [-0.05, 0) is 13.3 Å². The first-order chi connectivity index (χ1) is 7.15. The molecule has 0 radical (unpaired) electrons. The van der Waals surface area contributed by atoms with Crippen molar-refractivity contribution >= 4 is 28.9 Å². The van der Waals surface area contributed by atoms with Crippen molar-refractivity contribution < 1.29 is 5.21 Å². The SMILES string of the molecule is CCC(C/C(N)=N/O)Sc1nc(C)cs1. The van der Waals surface area contributed by atoms with Gasteiger partial charge in [-0.15, -0.1) is 11.3 Å². The highest BCUT2D eigenvalue weighted by atomic mass is 32.2. The van der Waals surface area contributed by atoms with Crippen molar-refractivity contribution in [2.24, 2.45) is 10.9 Å². The molecule has 84 valence electrons. The average molecular weight is 245 g/mol. The molecule has 0 fully saturated rings. The zero-order valence-electron chi connectivity index (χ0n) is 8.80. The lowest BCUT2D eigenvalue weighted by molar-refractivity contribution is 0.316. The Hall–Kier alpha value is -0.750. The Balaban J connectivity index is 2.54. The van der Waals surface area contributed by atoms with Gasteiger partial charge < -0.3 is 10.9 Å². The van der Waals surface area contributed by atoms with Gasteiger partial charge in [-0.1, -0.05) is 23.8 Å². The topological polar surface area (TPSA) is 71.5 Å². The number of nitrogens with zero attached hydrogens (tertiary/aromatic N) is 2. The molecule has 1 unspecified atom stereocenters. The van der Waals surface area contributed by atoms with E-state index >= 15 is 0 Å². The Morgan fingerprint density at radius 2 is 2.53 bits per heavy atom. The zero-order valence-corrected chi connectivity index (χ0v) is 10.4. The van der Waals surface area contributed by atoms with Gasteiger partial charge in [0, 0.05) is 22.7 Å². The van der Waals surface area contributed by atoms with E-state index in [2.05, 4.69) is 17.1 Å². The predicted molar refractivity (Wildman–Crippen MR) is 64.8 cm³/mol. The molecule has 1 rings (SSSR count). The Morgan fingerprint density at radius 1 is 1.80 bits per heavy atom. The van der Waals surface area contributed by atoms with Gasteiger partial charge in [-0.25, -0.2) is 4.98 Å². The molecular weight excluding hydrogens is 230 g/mol. The van der Waals surface area contributed by atoms with Crippen LogP contribution in [-0.2, 0) is 0 Å².